The van der Waals surface area contributed by atoms with Crippen LogP contribution in [0.5, 0.6) is 5.75 Å². The van der Waals surface area contributed by atoms with E-state index in [-0.39, 0.29) is 5.60 Å². The van der Waals surface area contributed by atoms with E-state index >= 15 is 0 Å². The van der Waals surface area contributed by atoms with Gasteiger partial charge < -0.3 is 9.64 Å². The lowest BCUT2D eigenvalue weighted by atomic mass is 9.82. The molecule has 2 aliphatic heterocycles. The zero-order chi connectivity index (χ0) is 19.8. The average molecular weight is 387 g/mol. The minimum absolute atomic E-state index is 0.0563. The van der Waals surface area contributed by atoms with Crippen molar-refractivity contribution in [1.82, 2.24) is 9.88 Å². The van der Waals surface area contributed by atoms with Crippen LogP contribution < -0.4 is 4.74 Å². The van der Waals surface area contributed by atoms with Gasteiger partial charge in [-0.3, -0.25) is 4.98 Å². The lowest BCUT2D eigenvalue weighted by Gasteiger charge is -2.44. The highest BCUT2D eigenvalue weighted by Gasteiger charge is 2.39. The van der Waals surface area contributed by atoms with Gasteiger partial charge in [-0.25, -0.2) is 0 Å². The molecule has 0 atom stereocenters. The molecule has 0 unspecified atom stereocenters. The third-order valence-corrected chi connectivity index (χ3v) is 6.79. The zero-order valence-corrected chi connectivity index (χ0v) is 17.6. The van der Waals surface area contributed by atoms with Gasteiger partial charge >= 0.3 is 0 Å². The molecule has 0 N–H and O–H groups in total. The van der Waals surface area contributed by atoms with Gasteiger partial charge in [0.25, 0.3) is 0 Å². The molecule has 1 fully saturated rings. The first kappa shape index (κ1) is 18.6. The molecule has 1 spiro atoms. The van der Waals surface area contributed by atoms with Gasteiger partial charge in [-0.2, -0.15) is 0 Å². The standard InChI is InChI=1S/C26H30N2O/c1-3-13-28-14-11-26(12-15-28)10-9-21-16-20(7-8-24(21)29-26)23-17-22-6-4-5-19(2)25(22)27-18-23/h4-8,16-18H,3,9-15H2,1-2H3. The van der Waals surface area contributed by atoms with Gasteiger partial charge in [0.2, 0.25) is 0 Å². The van der Waals surface area contributed by atoms with Crippen molar-refractivity contribution >= 4 is 10.9 Å². The van der Waals surface area contributed by atoms with Crippen LogP contribution >= 0.6 is 0 Å². The summed E-state index contributed by atoms with van der Waals surface area (Å²) >= 11 is 0. The summed E-state index contributed by atoms with van der Waals surface area (Å²) in [7, 11) is 0. The number of ether oxygens (including phenoxy) is 1. The molecule has 5 rings (SSSR count). The van der Waals surface area contributed by atoms with E-state index < -0.39 is 0 Å². The van der Waals surface area contributed by atoms with Crippen molar-refractivity contribution in [3.63, 3.8) is 0 Å². The van der Waals surface area contributed by atoms with E-state index in [4.69, 9.17) is 9.72 Å². The number of rotatable bonds is 3. The van der Waals surface area contributed by atoms with Crippen molar-refractivity contribution < 1.29 is 4.74 Å². The zero-order valence-electron chi connectivity index (χ0n) is 17.6. The highest BCUT2D eigenvalue weighted by Crippen LogP contribution is 2.41. The largest absolute Gasteiger partial charge is 0.487 e. The second-order valence-corrected chi connectivity index (χ2v) is 8.82. The fourth-order valence-corrected chi connectivity index (χ4v) is 5.02. The first-order chi connectivity index (χ1) is 14.2. The van der Waals surface area contributed by atoms with Crippen molar-refractivity contribution in [1.29, 1.82) is 0 Å². The van der Waals surface area contributed by atoms with Crippen LogP contribution in [0.1, 0.15) is 43.7 Å². The van der Waals surface area contributed by atoms with Gasteiger partial charge in [-0.05, 0) is 80.5 Å². The maximum Gasteiger partial charge on any atom is 0.123 e. The maximum atomic E-state index is 6.62. The summed E-state index contributed by atoms with van der Waals surface area (Å²) in [5.41, 5.74) is 6.13. The summed E-state index contributed by atoms with van der Waals surface area (Å²) in [6.45, 7) is 7.94. The van der Waals surface area contributed by atoms with Crippen LogP contribution in [-0.2, 0) is 6.42 Å². The van der Waals surface area contributed by atoms with Crippen LogP contribution in [0.2, 0.25) is 0 Å². The first-order valence-corrected chi connectivity index (χ1v) is 11.1. The minimum atomic E-state index is 0.0563. The van der Waals surface area contributed by atoms with Crippen LogP contribution in [0.25, 0.3) is 22.0 Å². The quantitative estimate of drug-likeness (QED) is 0.570. The van der Waals surface area contributed by atoms with Crippen molar-refractivity contribution in [3.8, 4) is 16.9 Å². The third kappa shape index (κ3) is 3.53. The van der Waals surface area contributed by atoms with E-state index in [1.807, 2.05) is 6.20 Å². The Hall–Kier alpha value is -2.39. The lowest BCUT2D eigenvalue weighted by molar-refractivity contribution is -0.0143. The second-order valence-electron chi connectivity index (χ2n) is 8.82. The molecule has 1 aromatic heterocycles. The SMILES string of the molecule is CCCN1CCC2(CCc3cc(-c4cnc5c(C)cccc5c4)ccc3O2)CC1. The number of nitrogens with zero attached hydrogens (tertiary/aromatic N) is 2. The molecule has 0 radical (unpaired) electrons. The molecule has 29 heavy (non-hydrogen) atoms. The molecule has 0 bridgehead atoms. The molecule has 0 aliphatic carbocycles. The van der Waals surface area contributed by atoms with Crippen molar-refractivity contribution in [2.75, 3.05) is 19.6 Å². The molecule has 0 amide bonds. The maximum absolute atomic E-state index is 6.62. The molecule has 0 saturated carbocycles. The van der Waals surface area contributed by atoms with Gasteiger partial charge in [-0.1, -0.05) is 31.2 Å². The van der Waals surface area contributed by atoms with Crippen LogP contribution in [0, 0.1) is 6.92 Å². The molecule has 2 aromatic carbocycles. The number of aromatic nitrogens is 1. The van der Waals surface area contributed by atoms with Gasteiger partial charge in [0, 0.05) is 30.2 Å². The molecule has 1 saturated heterocycles. The van der Waals surface area contributed by atoms with Crippen LogP contribution in [0.3, 0.4) is 0 Å². The van der Waals surface area contributed by atoms with E-state index in [9.17, 15) is 0 Å². The molecule has 3 nitrogen and oxygen atoms in total. The number of benzene rings is 2. The molecular formula is C26H30N2O. The Labute approximate surface area is 173 Å². The fourth-order valence-electron chi connectivity index (χ4n) is 5.02. The molecule has 3 heteroatoms. The van der Waals surface area contributed by atoms with Gasteiger partial charge in [-0.15, -0.1) is 0 Å². The number of hydrogen-bond acceptors (Lipinski definition) is 3. The van der Waals surface area contributed by atoms with E-state index in [1.54, 1.807) is 0 Å². The first-order valence-electron chi connectivity index (χ1n) is 11.1. The predicted molar refractivity (Wildman–Crippen MR) is 120 cm³/mol. The van der Waals surface area contributed by atoms with Crippen LogP contribution in [0.4, 0.5) is 0 Å². The fraction of sp³-hybridized carbons (Fsp3) is 0.423. The van der Waals surface area contributed by atoms with Crippen LogP contribution in [0.15, 0.2) is 48.7 Å². The normalized spacial score (nSPS) is 18.6. The third-order valence-electron chi connectivity index (χ3n) is 6.79. The van der Waals surface area contributed by atoms with Crippen molar-refractivity contribution in [2.24, 2.45) is 0 Å². The molecule has 150 valence electrons. The van der Waals surface area contributed by atoms with Gasteiger partial charge in [0.05, 0.1) is 5.52 Å². The number of pyridine rings is 1. The smallest absolute Gasteiger partial charge is 0.123 e. The summed E-state index contributed by atoms with van der Waals surface area (Å²) in [4.78, 5) is 7.31. The van der Waals surface area contributed by atoms with Gasteiger partial charge in [0.15, 0.2) is 0 Å². The Morgan fingerprint density at radius 2 is 1.90 bits per heavy atom. The van der Waals surface area contributed by atoms with E-state index in [0.29, 0.717) is 0 Å². The van der Waals surface area contributed by atoms with Gasteiger partial charge in [0.1, 0.15) is 11.4 Å². The summed E-state index contributed by atoms with van der Waals surface area (Å²) in [6.07, 6.45) is 7.80. The Morgan fingerprint density at radius 1 is 1.03 bits per heavy atom. The Bertz CT molecular complexity index is 1030. The highest BCUT2D eigenvalue weighted by atomic mass is 16.5. The molecule has 3 heterocycles. The number of fused-ring (bicyclic) bond motifs is 2. The number of para-hydroxylation sites is 1. The number of likely N-dealkylation sites (tertiary alicyclic amines) is 1. The second kappa shape index (κ2) is 7.46. The molecule has 3 aromatic rings. The van der Waals surface area contributed by atoms with Crippen molar-refractivity contribution in [3.05, 3.63) is 59.8 Å². The number of piperidine rings is 1. The monoisotopic (exact) mass is 386 g/mol. The summed E-state index contributed by atoms with van der Waals surface area (Å²) < 4.78 is 6.62. The Morgan fingerprint density at radius 3 is 2.72 bits per heavy atom. The summed E-state index contributed by atoms with van der Waals surface area (Å²) in [6, 6.07) is 15.3. The molecular weight excluding hydrogens is 356 g/mol. The van der Waals surface area contributed by atoms with Crippen molar-refractivity contribution in [2.45, 2.75) is 51.6 Å². The Balaban J connectivity index is 1.38. The van der Waals surface area contributed by atoms with Crippen LogP contribution in [-0.4, -0.2) is 35.1 Å². The predicted octanol–water partition coefficient (Wildman–Crippen LogP) is 5.78. The van der Waals surface area contributed by atoms with E-state index in [0.717, 1.165) is 36.9 Å². The summed E-state index contributed by atoms with van der Waals surface area (Å²) in [5.74, 6) is 1.09. The average Bonchev–Trinajstić information content (AvgIpc) is 2.75. The number of hydrogen-bond donors (Lipinski definition) is 0. The Kier molecular flexibility index (Phi) is 4.79. The highest BCUT2D eigenvalue weighted by molar-refractivity contribution is 5.85. The summed E-state index contributed by atoms with van der Waals surface area (Å²) in [5, 5.41) is 1.20. The topological polar surface area (TPSA) is 25.4 Å². The number of aryl methyl sites for hydroxylation is 2. The molecule has 2 aliphatic rings. The lowest BCUT2D eigenvalue weighted by Crippen LogP contribution is -2.49. The van der Waals surface area contributed by atoms with E-state index in [2.05, 4.69) is 61.2 Å². The van der Waals surface area contributed by atoms with E-state index in [1.165, 1.54) is 53.7 Å². The minimum Gasteiger partial charge on any atom is -0.487 e.